The van der Waals surface area contributed by atoms with Crippen molar-refractivity contribution in [1.82, 2.24) is 19.7 Å². The highest BCUT2D eigenvalue weighted by atomic mass is 16.2. The van der Waals surface area contributed by atoms with E-state index < -0.39 is 0 Å². The van der Waals surface area contributed by atoms with Gasteiger partial charge in [-0.2, -0.15) is 5.10 Å². The highest BCUT2D eigenvalue weighted by Gasteiger charge is 2.29. The van der Waals surface area contributed by atoms with E-state index in [1.54, 1.807) is 0 Å². The van der Waals surface area contributed by atoms with Gasteiger partial charge in [-0.25, -0.2) is 14.6 Å². The Labute approximate surface area is 145 Å². The Hall–Kier alpha value is -3.02. The number of carbonyl (C=O) groups excluding carboxylic acids is 1. The minimum Gasteiger partial charge on any atom is -0.310 e. The molecular formula is C19H19N5O. The van der Waals surface area contributed by atoms with Crippen molar-refractivity contribution in [3.05, 3.63) is 60.2 Å². The Morgan fingerprint density at radius 2 is 2.04 bits per heavy atom. The molecule has 0 saturated heterocycles. The van der Waals surface area contributed by atoms with E-state index in [4.69, 9.17) is 0 Å². The van der Waals surface area contributed by atoms with Gasteiger partial charge in [0.25, 0.3) is 0 Å². The molecule has 6 heteroatoms. The van der Waals surface area contributed by atoms with Crippen LogP contribution in [0.15, 0.2) is 48.8 Å². The van der Waals surface area contributed by atoms with E-state index in [0.29, 0.717) is 5.82 Å². The fourth-order valence-electron chi connectivity index (χ4n) is 3.14. The number of pyridine rings is 1. The van der Waals surface area contributed by atoms with Crippen LogP contribution >= 0.6 is 0 Å². The number of amides is 1. The summed E-state index contributed by atoms with van der Waals surface area (Å²) < 4.78 is 1.81. The molecule has 3 aromatic rings. The maximum atomic E-state index is 12.7. The average Bonchev–Trinajstić information content (AvgIpc) is 3.11. The van der Waals surface area contributed by atoms with Crippen molar-refractivity contribution < 1.29 is 4.79 Å². The molecule has 3 heterocycles. The number of nitrogens with one attached hydrogen (secondary N) is 1. The predicted molar refractivity (Wildman–Crippen MR) is 95.0 cm³/mol. The van der Waals surface area contributed by atoms with Crippen molar-refractivity contribution in [2.75, 3.05) is 5.32 Å². The smallest absolute Gasteiger partial charge is 0.236 e. The van der Waals surface area contributed by atoms with E-state index in [9.17, 15) is 4.79 Å². The summed E-state index contributed by atoms with van der Waals surface area (Å²) in [5, 5.41) is 7.10. The van der Waals surface area contributed by atoms with Crippen molar-refractivity contribution in [3.8, 4) is 11.3 Å². The molecule has 6 nitrogen and oxygen atoms in total. The molecule has 0 spiro atoms. The molecule has 126 valence electrons. The monoisotopic (exact) mass is 333 g/mol. The molecule has 0 saturated carbocycles. The minimum atomic E-state index is -0.277. The fourth-order valence-corrected chi connectivity index (χ4v) is 3.14. The van der Waals surface area contributed by atoms with Crippen LogP contribution in [0.1, 0.15) is 30.1 Å². The van der Waals surface area contributed by atoms with Crippen LogP contribution in [0.4, 0.5) is 5.82 Å². The van der Waals surface area contributed by atoms with Gasteiger partial charge in [0, 0.05) is 12.1 Å². The summed E-state index contributed by atoms with van der Waals surface area (Å²) in [5.74, 6) is 0.932. The molecule has 1 amide bonds. The van der Waals surface area contributed by atoms with Crippen LogP contribution in [0.25, 0.3) is 11.3 Å². The van der Waals surface area contributed by atoms with Gasteiger partial charge in [-0.05, 0) is 31.9 Å². The first kappa shape index (κ1) is 15.5. The number of hydrogen-bond acceptors (Lipinski definition) is 4. The minimum absolute atomic E-state index is 0.0810. The van der Waals surface area contributed by atoms with E-state index in [1.807, 2.05) is 35.0 Å². The third-order valence-corrected chi connectivity index (χ3v) is 4.48. The fraction of sp³-hybridized carbons (Fsp3) is 0.263. The van der Waals surface area contributed by atoms with Gasteiger partial charge in [-0.15, -0.1) is 0 Å². The molecule has 0 aliphatic carbocycles. The van der Waals surface area contributed by atoms with Gasteiger partial charge in [-0.1, -0.05) is 35.9 Å². The summed E-state index contributed by atoms with van der Waals surface area (Å²) in [4.78, 5) is 21.5. The van der Waals surface area contributed by atoms with Gasteiger partial charge >= 0.3 is 0 Å². The summed E-state index contributed by atoms with van der Waals surface area (Å²) in [7, 11) is 0. The first-order valence-electron chi connectivity index (χ1n) is 8.43. The molecule has 0 radical (unpaired) electrons. The third kappa shape index (κ3) is 3.15. The van der Waals surface area contributed by atoms with Crippen LogP contribution in [0.2, 0.25) is 0 Å². The topological polar surface area (TPSA) is 72.7 Å². The SMILES string of the molecule is Cc1ccc(-c2cccc(NC(=O)C3CCCn4ncnc43)n2)cc1. The highest BCUT2D eigenvalue weighted by Crippen LogP contribution is 2.26. The zero-order valence-electron chi connectivity index (χ0n) is 14.0. The molecule has 1 aromatic carbocycles. The van der Waals surface area contributed by atoms with E-state index in [1.165, 1.54) is 11.9 Å². The van der Waals surface area contributed by atoms with Gasteiger partial charge in [0.05, 0.1) is 11.6 Å². The standard InChI is InChI=1S/C19H19N5O/c1-13-7-9-14(10-8-13)16-5-2-6-17(22-16)23-19(25)15-4-3-11-24-18(15)20-12-21-24/h2,5-10,12,15H,3-4,11H2,1H3,(H,22,23,25). The Morgan fingerprint density at radius 1 is 1.20 bits per heavy atom. The number of nitrogens with zero attached hydrogens (tertiary/aromatic N) is 4. The lowest BCUT2D eigenvalue weighted by molar-refractivity contribution is -0.118. The molecule has 1 N–H and O–H groups in total. The Bertz CT molecular complexity index is 900. The Kier molecular flexibility index (Phi) is 4.01. The van der Waals surface area contributed by atoms with Gasteiger partial charge in [0.1, 0.15) is 18.0 Å². The van der Waals surface area contributed by atoms with Crippen molar-refractivity contribution in [2.24, 2.45) is 0 Å². The molecule has 0 bridgehead atoms. The number of aromatic nitrogens is 4. The number of anilines is 1. The second kappa shape index (κ2) is 6.47. The summed E-state index contributed by atoms with van der Waals surface area (Å²) in [6.45, 7) is 2.87. The summed E-state index contributed by atoms with van der Waals surface area (Å²) in [5.41, 5.74) is 3.07. The summed E-state index contributed by atoms with van der Waals surface area (Å²) >= 11 is 0. The number of benzene rings is 1. The third-order valence-electron chi connectivity index (χ3n) is 4.48. The van der Waals surface area contributed by atoms with Crippen LogP contribution in [-0.4, -0.2) is 25.7 Å². The van der Waals surface area contributed by atoms with Crippen molar-refractivity contribution in [2.45, 2.75) is 32.2 Å². The lowest BCUT2D eigenvalue weighted by atomic mass is 9.98. The summed E-state index contributed by atoms with van der Waals surface area (Å²) in [6.07, 6.45) is 3.21. The van der Waals surface area contributed by atoms with Crippen molar-refractivity contribution in [1.29, 1.82) is 0 Å². The molecular weight excluding hydrogens is 314 g/mol. The molecule has 25 heavy (non-hydrogen) atoms. The van der Waals surface area contributed by atoms with Crippen LogP contribution in [0, 0.1) is 6.92 Å². The molecule has 1 atom stereocenters. The molecule has 4 rings (SSSR count). The summed E-state index contributed by atoms with van der Waals surface area (Å²) in [6, 6.07) is 13.8. The Balaban J connectivity index is 1.55. The van der Waals surface area contributed by atoms with Crippen LogP contribution in [-0.2, 0) is 11.3 Å². The average molecular weight is 333 g/mol. The normalized spacial score (nSPS) is 16.3. The lowest BCUT2D eigenvalue weighted by Gasteiger charge is -2.21. The maximum Gasteiger partial charge on any atom is 0.236 e. The molecule has 1 aliphatic rings. The predicted octanol–water partition coefficient (Wildman–Crippen LogP) is 3.16. The van der Waals surface area contributed by atoms with E-state index >= 15 is 0 Å². The zero-order valence-corrected chi connectivity index (χ0v) is 14.0. The van der Waals surface area contributed by atoms with E-state index in [-0.39, 0.29) is 11.8 Å². The Morgan fingerprint density at radius 3 is 2.88 bits per heavy atom. The number of fused-ring (bicyclic) bond motifs is 1. The highest BCUT2D eigenvalue weighted by molar-refractivity contribution is 5.94. The largest absolute Gasteiger partial charge is 0.310 e. The number of aryl methyl sites for hydroxylation is 2. The number of rotatable bonds is 3. The quantitative estimate of drug-likeness (QED) is 0.799. The van der Waals surface area contributed by atoms with Crippen LogP contribution in [0.3, 0.4) is 0 Å². The van der Waals surface area contributed by atoms with Gasteiger partial charge < -0.3 is 5.32 Å². The molecule has 1 aliphatic heterocycles. The van der Waals surface area contributed by atoms with Crippen LogP contribution in [0.5, 0.6) is 0 Å². The van der Waals surface area contributed by atoms with Gasteiger partial charge in [-0.3, -0.25) is 4.79 Å². The molecule has 1 unspecified atom stereocenters. The lowest BCUT2D eigenvalue weighted by Crippen LogP contribution is -2.28. The number of carbonyl (C=O) groups is 1. The molecule has 2 aromatic heterocycles. The van der Waals surface area contributed by atoms with Gasteiger partial charge in [0.15, 0.2) is 0 Å². The molecule has 0 fully saturated rings. The van der Waals surface area contributed by atoms with Gasteiger partial charge in [0.2, 0.25) is 5.91 Å². The zero-order chi connectivity index (χ0) is 17.2. The van der Waals surface area contributed by atoms with Crippen LogP contribution < -0.4 is 5.32 Å². The first-order valence-corrected chi connectivity index (χ1v) is 8.43. The number of hydrogen-bond donors (Lipinski definition) is 1. The van der Waals surface area contributed by atoms with Crippen molar-refractivity contribution in [3.63, 3.8) is 0 Å². The second-order valence-corrected chi connectivity index (χ2v) is 6.30. The van der Waals surface area contributed by atoms with E-state index in [0.717, 1.165) is 36.5 Å². The second-order valence-electron chi connectivity index (χ2n) is 6.30. The van der Waals surface area contributed by atoms with Crippen molar-refractivity contribution >= 4 is 11.7 Å². The van der Waals surface area contributed by atoms with E-state index in [2.05, 4.69) is 39.4 Å². The first-order chi connectivity index (χ1) is 12.2. The maximum absolute atomic E-state index is 12.7.